The quantitative estimate of drug-likeness (QED) is 0.827. The summed E-state index contributed by atoms with van der Waals surface area (Å²) in [6.07, 6.45) is 0. The molecule has 0 heterocycles. The van der Waals surface area contributed by atoms with Crippen LogP contribution in [-0.2, 0) is 15.6 Å². The lowest BCUT2D eigenvalue weighted by Crippen LogP contribution is -2.07. The normalized spacial score (nSPS) is 11.6. The maximum atomic E-state index is 13.6. The summed E-state index contributed by atoms with van der Waals surface area (Å²) in [5, 5.41) is 0.285. The van der Waals surface area contributed by atoms with Crippen molar-refractivity contribution in [2.45, 2.75) is 10.6 Å². The van der Waals surface area contributed by atoms with Crippen LogP contribution in [0.4, 0.5) is 10.1 Å². The fraction of sp³-hybridized carbons (Fsp3) is 0.0769. The number of hydrogen-bond donors (Lipinski definition) is 1. The molecular weight excluding hydrogens is 369 g/mol. The molecule has 0 aromatic heterocycles. The molecule has 0 amide bonds. The fourth-order valence-electron chi connectivity index (χ4n) is 1.71. The molecule has 0 aliphatic carbocycles. The molecule has 7 heteroatoms. The monoisotopic (exact) mass is 377 g/mol. The maximum Gasteiger partial charge on any atom is 0.183 e. The lowest BCUT2D eigenvalue weighted by Gasteiger charge is -2.08. The lowest BCUT2D eigenvalue weighted by molar-refractivity contribution is 0.586. The van der Waals surface area contributed by atoms with Crippen molar-refractivity contribution >= 4 is 43.1 Å². The van der Waals surface area contributed by atoms with Crippen molar-refractivity contribution in [3.63, 3.8) is 0 Å². The van der Waals surface area contributed by atoms with Gasteiger partial charge in [0.25, 0.3) is 0 Å². The van der Waals surface area contributed by atoms with Crippen LogP contribution < -0.4 is 5.73 Å². The Hall–Kier alpha value is -1.11. The summed E-state index contributed by atoms with van der Waals surface area (Å²) in [6.45, 7) is 0. The first-order valence-corrected chi connectivity index (χ1v) is 8.33. The van der Waals surface area contributed by atoms with Crippen LogP contribution in [0.5, 0.6) is 0 Å². The van der Waals surface area contributed by atoms with E-state index in [0.717, 1.165) is 6.07 Å². The summed E-state index contributed by atoms with van der Waals surface area (Å²) < 4.78 is 38.6. The van der Waals surface area contributed by atoms with Gasteiger partial charge >= 0.3 is 0 Å². The van der Waals surface area contributed by atoms with Crippen molar-refractivity contribution in [2.75, 3.05) is 5.73 Å². The number of anilines is 1. The van der Waals surface area contributed by atoms with Crippen molar-refractivity contribution in [3.8, 4) is 0 Å². The van der Waals surface area contributed by atoms with Gasteiger partial charge in [0.1, 0.15) is 5.82 Å². The average Bonchev–Trinajstić information content (AvgIpc) is 2.33. The van der Waals surface area contributed by atoms with Crippen molar-refractivity contribution in [1.82, 2.24) is 0 Å². The van der Waals surface area contributed by atoms with Crippen LogP contribution in [0.2, 0.25) is 5.02 Å². The molecule has 0 radical (unpaired) electrons. The topological polar surface area (TPSA) is 60.2 Å². The van der Waals surface area contributed by atoms with Crippen LogP contribution in [0.3, 0.4) is 0 Å². The van der Waals surface area contributed by atoms with Gasteiger partial charge in [-0.15, -0.1) is 0 Å². The minimum Gasteiger partial charge on any atom is -0.399 e. The SMILES string of the molecule is Nc1ccc(S(=O)(=O)Cc2cc(Cl)ccc2F)c(Br)c1. The Labute approximate surface area is 129 Å². The van der Waals surface area contributed by atoms with Crippen LogP contribution in [0.1, 0.15) is 5.56 Å². The van der Waals surface area contributed by atoms with E-state index in [1.807, 2.05) is 0 Å². The zero-order chi connectivity index (χ0) is 14.9. The second-order valence-electron chi connectivity index (χ2n) is 4.18. The zero-order valence-corrected chi connectivity index (χ0v) is 13.3. The van der Waals surface area contributed by atoms with E-state index in [2.05, 4.69) is 15.9 Å². The second kappa shape index (κ2) is 5.71. The second-order valence-corrected chi connectivity index (χ2v) is 7.43. The van der Waals surface area contributed by atoms with Crippen molar-refractivity contribution in [2.24, 2.45) is 0 Å². The van der Waals surface area contributed by atoms with Crippen LogP contribution in [0, 0.1) is 5.82 Å². The Morgan fingerprint density at radius 1 is 1.20 bits per heavy atom. The molecule has 2 aromatic carbocycles. The van der Waals surface area contributed by atoms with Crippen LogP contribution >= 0.6 is 27.5 Å². The molecule has 0 saturated carbocycles. The molecule has 2 rings (SSSR count). The van der Waals surface area contributed by atoms with Gasteiger partial charge in [-0.1, -0.05) is 11.6 Å². The maximum absolute atomic E-state index is 13.6. The average molecular weight is 379 g/mol. The van der Waals surface area contributed by atoms with Gasteiger partial charge in [0.15, 0.2) is 9.84 Å². The van der Waals surface area contributed by atoms with E-state index in [4.69, 9.17) is 17.3 Å². The van der Waals surface area contributed by atoms with Gasteiger partial charge in [-0.05, 0) is 52.3 Å². The molecule has 106 valence electrons. The number of nitrogens with two attached hydrogens (primary N) is 1. The van der Waals surface area contributed by atoms with Gasteiger partial charge in [-0.3, -0.25) is 0 Å². The third kappa shape index (κ3) is 3.31. The van der Waals surface area contributed by atoms with Crippen molar-refractivity contribution < 1.29 is 12.8 Å². The zero-order valence-electron chi connectivity index (χ0n) is 10.1. The summed E-state index contributed by atoms with van der Waals surface area (Å²) in [6, 6.07) is 8.17. The number of benzene rings is 2. The predicted octanol–water partition coefficient (Wildman–Crippen LogP) is 3.80. The van der Waals surface area contributed by atoms with E-state index in [1.54, 1.807) is 0 Å². The van der Waals surface area contributed by atoms with E-state index in [1.165, 1.54) is 30.3 Å². The molecule has 0 spiro atoms. The number of rotatable bonds is 3. The molecule has 0 aliphatic heterocycles. The number of halogens is 3. The Kier molecular flexibility index (Phi) is 4.36. The highest BCUT2D eigenvalue weighted by molar-refractivity contribution is 9.10. The molecular formula is C13H10BrClFNO2S. The Bertz CT molecular complexity index is 765. The van der Waals surface area contributed by atoms with E-state index in [-0.39, 0.29) is 15.5 Å². The van der Waals surface area contributed by atoms with Gasteiger partial charge in [-0.2, -0.15) is 0 Å². The smallest absolute Gasteiger partial charge is 0.183 e. The highest BCUT2D eigenvalue weighted by Gasteiger charge is 2.20. The highest BCUT2D eigenvalue weighted by Crippen LogP contribution is 2.28. The number of sulfone groups is 1. The van der Waals surface area contributed by atoms with E-state index in [0.29, 0.717) is 10.2 Å². The van der Waals surface area contributed by atoms with Crippen molar-refractivity contribution in [3.05, 3.63) is 57.3 Å². The molecule has 0 unspecified atom stereocenters. The van der Waals surface area contributed by atoms with Gasteiger partial charge in [0.2, 0.25) is 0 Å². The fourth-order valence-corrected chi connectivity index (χ4v) is 4.45. The molecule has 3 nitrogen and oxygen atoms in total. The minimum atomic E-state index is -3.70. The first-order chi connectivity index (χ1) is 9.29. The highest BCUT2D eigenvalue weighted by atomic mass is 79.9. The van der Waals surface area contributed by atoms with Gasteiger partial charge in [-0.25, -0.2) is 12.8 Å². The Morgan fingerprint density at radius 3 is 2.55 bits per heavy atom. The molecule has 0 atom stereocenters. The largest absolute Gasteiger partial charge is 0.399 e. The summed E-state index contributed by atoms with van der Waals surface area (Å²) in [7, 11) is -3.70. The summed E-state index contributed by atoms with van der Waals surface area (Å²) >= 11 is 8.91. The number of hydrogen-bond acceptors (Lipinski definition) is 3. The Balaban J connectivity index is 2.43. The molecule has 2 aromatic rings. The van der Waals surface area contributed by atoms with Crippen LogP contribution in [0.25, 0.3) is 0 Å². The predicted molar refractivity (Wildman–Crippen MR) is 80.9 cm³/mol. The van der Waals surface area contributed by atoms with Gasteiger partial charge < -0.3 is 5.73 Å². The van der Waals surface area contributed by atoms with Gasteiger partial charge in [0, 0.05) is 20.7 Å². The third-order valence-electron chi connectivity index (χ3n) is 2.64. The van der Waals surface area contributed by atoms with Crippen molar-refractivity contribution in [1.29, 1.82) is 0 Å². The minimum absolute atomic E-state index is 0.0289. The molecule has 0 saturated heterocycles. The summed E-state index contributed by atoms with van der Waals surface area (Å²) in [4.78, 5) is 0.0612. The van der Waals surface area contributed by atoms with E-state index >= 15 is 0 Å². The Morgan fingerprint density at radius 2 is 1.90 bits per heavy atom. The lowest BCUT2D eigenvalue weighted by atomic mass is 10.2. The third-order valence-corrected chi connectivity index (χ3v) is 5.52. The molecule has 20 heavy (non-hydrogen) atoms. The summed E-state index contributed by atoms with van der Waals surface area (Å²) in [5.41, 5.74) is 6.03. The molecule has 2 N–H and O–H groups in total. The van der Waals surface area contributed by atoms with Gasteiger partial charge in [0.05, 0.1) is 10.6 Å². The standard InChI is InChI=1S/C13H10BrClFNO2S/c14-11-6-10(17)2-4-13(11)20(18,19)7-8-5-9(15)1-3-12(8)16/h1-6H,7,17H2. The first kappa shape index (κ1) is 15.3. The first-order valence-electron chi connectivity index (χ1n) is 5.51. The molecule has 0 aliphatic rings. The molecule has 0 fully saturated rings. The van der Waals surface area contributed by atoms with Crippen LogP contribution in [-0.4, -0.2) is 8.42 Å². The summed E-state index contributed by atoms with van der Waals surface area (Å²) in [5.74, 6) is -1.08. The number of nitrogen functional groups attached to an aromatic ring is 1. The van der Waals surface area contributed by atoms with E-state index in [9.17, 15) is 12.8 Å². The van der Waals surface area contributed by atoms with E-state index < -0.39 is 21.4 Å². The van der Waals surface area contributed by atoms with Crippen LogP contribution in [0.15, 0.2) is 45.8 Å². The molecule has 0 bridgehead atoms.